The van der Waals surface area contributed by atoms with Gasteiger partial charge in [-0.1, -0.05) is 0 Å². The molecule has 1 heterocycles. The number of hydrogen-bond donors (Lipinski definition) is 0. The van der Waals surface area contributed by atoms with Gasteiger partial charge in [0.1, 0.15) is 4.84 Å². The Bertz CT molecular complexity index is 151. The van der Waals surface area contributed by atoms with Crippen LogP contribution in [-0.2, 0) is 9.47 Å². The van der Waals surface area contributed by atoms with Gasteiger partial charge in [-0.15, -0.1) is 23.2 Å². The van der Waals surface area contributed by atoms with Gasteiger partial charge in [-0.2, -0.15) is 0 Å². The molecule has 1 fully saturated rings. The summed E-state index contributed by atoms with van der Waals surface area (Å²) < 4.78 is 9.08. The van der Waals surface area contributed by atoms with E-state index in [1.54, 1.807) is 0 Å². The Balaban J connectivity index is 2.54. The van der Waals surface area contributed by atoms with Gasteiger partial charge in [0.05, 0.1) is 0 Å². The molecule has 0 spiro atoms. The second kappa shape index (κ2) is 3.15. The van der Waals surface area contributed by atoms with Crippen LogP contribution in [-0.4, -0.2) is 22.1 Å². The molecule has 0 aromatic carbocycles. The minimum Gasteiger partial charge on any atom is -0.423 e. The van der Waals surface area contributed by atoms with E-state index in [9.17, 15) is 4.79 Å². The summed E-state index contributed by atoms with van der Waals surface area (Å²) in [7, 11) is 0. The van der Waals surface area contributed by atoms with Crippen LogP contribution in [0.5, 0.6) is 0 Å². The number of cyclic esters (lactones) is 2. The minimum absolute atomic E-state index is 0.542. The molecular weight excluding hydrogens is 247 g/mol. The quantitative estimate of drug-likeness (QED) is 0.527. The predicted octanol–water partition coefficient (Wildman–Crippen LogP) is 2.05. The lowest BCUT2D eigenvalue weighted by Crippen LogP contribution is -2.23. The second-order valence-corrected chi connectivity index (χ2v) is 3.70. The number of alkyl halides is 3. The van der Waals surface area contributed by atoms with Crippen LogP contribution in [0.1, 0.15) is 0 Å². The lowest BCUT2D eigenvalue weighted by atomic mass is 10.4. The van der Waals surface area contributed by atoms with Crippen molar-refractivity contribution in [3.63, 3.8) is 0 Å². The first-order valence-electron chi connectivity index (χ1n) is 2.41. The normalized spacial score (nSPS) is 32.2. The largest absolute Gasteiger partial charge is 0.510 e. The highest BCUT2D eigenvalue weighted by Crippen LogP contribution is 2.27. The minimum atomic E-state index is -0.768. The van der Waals surface area contributed by atoms with Crippen LogP contribution >= 0.6 is 39.1 Å². The van der Waals surface area contributed by atoms with Crippen molar-refractivity contribution < 1.29 is 14.3 Å². The third-order valence-corrected chi connectivity index (χ3v) is 2.15. The van der Waals surface area contributed by atoms with Crippen LogP contribution in [0, 0.1) is 0 Å². The van der Waals surface area contributed by atoms with Gasteiger partial charge < -0.3 is 9.47 Å². The summed E-state index contributed by atoms with van der Waals surface area (Å²) in [6.07, 6.45) is -1.37. The predicted molar refractivity (Wildman–Crippen MR) is 39.6 cm³/mol. The van der Waals surface area contributed by atoms with Crippen molar-refractivity contribution >= 4 is 45.3 Å². The van der Waals surface area contributed by atoms with E-state index in [0.717, 1.165) is 0 Å². The van der Waals surface area contributed by atoms with Crippen LogP contribution in [0.3, 0.4) is 0 Å². The Hall–Kier alpha value is 0.330. The third kappa shape index (κ3) is 1.68. The first-order chi connectivity index (χ1) is 4.61. The van der Waals surface area contributed by atoms with E-state index in [4.69, 9.17) is 23.2 Å². The van der Waals surface area contributed by atoms with Crippen LogP contribution in [0.15, 0.2) is 0 Å². The number of halogens is 3. The molecule has 0 bridgehead atoms. The lowest BCUT2D eigenvalue weighted by Gasteiger charge is -2.08. The van der Waals surface area contributed by atoms with Gasteiger partial charge in [-0.3, -0.25) is 0 Å². The van der Waals surface area contributed by atoms with Crippen LogP contribution < -0.4 is 0 Å². The molecule has 0 unspecified atom stereocenters. The Labute approximate surface area is 75.7 Å². The first kappa shape index (κ1) is 8.43. The number of rotatable bonds is 1. The van der Waals surface area contributed by atoms with Gasteiger partial charge >= 0.3 is 6.16 Å². The molecule has 6 heteroatoms. The fraction of sp³-hybridized carbons (Fsp3) is 0.750. The molecule has 1 aliphatic heterocycles. The smallest absolute Gasteiger partial charge is 0.423 e. The van der Waals surface area contributed by atoms with Crippen LogP contribution in [0.25, 0.3) is 0 Å². The maximum absolute atomic E-state index is 10.4. The summed E-state index contributed by atoms with van der Waals surface area (Å²) in [5, 5.41) is -0.542. The summed E-state index contributed by atoms with van der Waals surface area (Å²) >= 11 is 13.9. The summed E-state index contributed by atoms with van der Waals surface area (Å²) in [6, 6.07) is 0. The highest BCUT2D eigenvalue weighted by molar-refractivity contribution is 9.09. The highest BCUT2D eigenvalue weighted by Gasteiger charge is 2.38. The molecule has 0 aromatic rings. The Morgan fingerprint density at radius 3 is 2.30 bits per heavy atom. The monoisotopic (exact) mass is 248 g/mol. The van der Waals surface area contributed by atoms with Crippen LogP contribution in [0.4, 0.5) is 4.79 Å². The molecular formula is C4H3BrCl2O3. The summed E-state index contributed by atoms with van der Waals surface area (Å²) in [5.41, 5.74) is 0. The van der Waals surface area contributed by atoms with Gasteiger partial charge in [-0.25, -0.2) is 4.79 Å². The van der Waals surface area contributed by atoms with E-state index in [1.165, 1.54) is 0 Å². The van der Waals surface area contributed by atoms with E-state index < -0.39 is 22.1 Å². The number of carbonyl (C=O) groups excluding carboxylic acids is 1. The Kier molecular flexibility index (Phi) is 2.66. The van der Waals surface area contributed by atoms with Crippen molar-refractivity contribution in [3.8, 4) is 0 Å². The molecule has 10 heavy (non-hydrogen) atoms. The van der Waals surface area contributed by atoms with E-state index in [1.807, 2.05) is 0 Å². The van der Waals surface area contributed by atoms with Gasteiger partial charge in [0.2, 0.25) is 0 Å². The number of ether oxygens (including phenoxy) is 2. The van der Waals surface area contributed by atoms with E-state index in [-0.39, 0.29) is 0 Å². The molecule has 0 aromatic heterocycles. The average molecular weight is 250 g/mol. The van der Waals surface area contributed by atoms with Gasteiger partial charge in [0, 0.05) is 0 Å². The van der Waals surface area contributed by atoms with Crippen molar-refractivity contribution in [2.24, 2.45) is 0 Å². The van der Waals surface area contributed by atoms with Crippen molar-refractivity contribution in [2.75, 3.05) is 0 Å². The molecule has 0 saturated carbocycles. The molecule has 2 atom stereocenters. The SMILES string of the molecule is O=C1O[C@H](C(Cl)Cl)[C@@H](Br)O1. The van der Waals surface area contributed by atoms with Crippen molar-refractivity contribution in [1.29, 1.82) is 0 Å². The zero-order valence-electron chi connectivity index (χ0n) is 4.59. The highest BCUT2D eigenvalue weighted by atomic mass is 79.9. The zero-order valence-corrected chi connectivity index (χ0v) is 7.69. The van der Waals surface area contributed by atoms with Gasteiger partial charge in [0.25, 0.3) is 0 Å². The fourth-order valence-corrected chi connectivity index (χ4v) is 1.80. The molecule has 1 saturated heterocycles. The Morgan fingerprint density at radius 2 is 2.10 bits per heavy atom. The van der Waals surface area contributed by atoms with Gasteiger partial charge in [0.15, 0.2) is 11.1 Å². The summed E-state index contributed by atoms with van der Waals surface area (Å²) in [6.45, 7) is 0. The van der Waals surface area contributed by atoms with Crippen molar-refractivity contribution in [2.45, 2.75) is 16.0 Å². The van der Waals surface area contributed by atoms with E-state index in [0.29, 0.717) is 0 Å². The summed E-state index contributed by atoms with van der Waals surface area (Å²) in [5.74, 6) is 0. The second-order valence-electron chi connectivity index (χ2n) is 1.64. The maximum Gasteiger partial charge on any atom is 0.510 e. The Morgan fingerprint density at radius 1 is 1.50 bits per heavy atom. The molecule has 0 N–H and O–H groups in total. The molecule has 0 amide bonds. The third-order valence-electron chi connectivity index (χ3n) is 0.948. The average Bonchev–Trinajstić information content (AvgIpc) is 2.10. The number of hydrogen-bond acceptors (Lipinski definition) is 3. The fourth-order valence-electron chi connectivity index (χ4n) is 0.517. The molecule has 0 radical (unpaired) electrons. The maximum atomic E-state index is 10.4. The van der Waals surface area contributed by atoms with Gasteiger partial charge in [-0.05, 0) is 15.9 Å². The number of carbonyl (C=O) groups is 1. The lowest BCUT2D eigenvalue weighted by molar-refractivity contribution is 0.120. The summed E-state index contributed by atoms with van der Waals surface area (Å²) in [4.78, 5) is 9.61. The van der Waals surface area contributed by atoms with Crippen LogP contribution in [0.2, 0.25) is 0 Å². The topological polar surface area (TPSA) is 35.5 Å². The molecule has 1 rings (SSSR count). The molecule has 1 aliphatic rings. The van der Waals surface area contributed by atoms with Crippen molar-refractivity contribution in [1.82, 2.24) is 0 Å². The molecule has 58 valence electrons. The molecule has 0 aliphatic carbocycles. The standard InChI is InChI=1S/C4H3BrCl2O3/c5-2-1(3(6)7)9-4(8)10-2/h1-3H/t1-,2-/m0/s1. The van der Waals surface area contributed by atoms with E-state index in [2.05, 4.69) is 25.4 Å². The first-order valence-corrected chi connectivity index (χ1v) is 4.19. The zero-order chi connectivity index (χ0) is 7.72. The molecule has 3 nitrogen and oxygen atoms in total. The van der Waals surface area contributed by atoms with E-state index >= 15 is 0 Å². The van der Waals surface area contributed by atoms with Crippen molar-refractivity contribution in [3.05, 3.63) is 0 Å².